The van der Waals surface area contributed by atoms with E-state index < -0.39 is 5.60 Å². The zero-order valence-electron chi connectivity index (χ0n) is 15.9. The predicted octanol–water partition coefficient (Wildman–Crippen LogP) is 4.00. The van der Waals surface area contributed by atoms with E-state index in [-0.39, 0.29) is 23.5 Å². The van der Waals surface area contributed by atoms with Crippen LogP contribution < -0.4 is 0 Å². The number of phenolic OH excluding ortho intramolecular Hbond substituents is 2. The number of piperidine rings is 1. The van der Waals surface area contributed by atoms with Crippen molar-refractivity contribution in [1.29, 1.82) is 0 Å². The first-order valence-corrected chi connectivity index (χ1v) is 10.5. The molecule has 4 atom stereocenters. The first-order valence-electron chi connectivity index (χ1n) is 10.5. The third-order valence-corrected chi connectivity index (χ3v) is 7.20. The van der Waals surface area contributed by atoms with Gasteiger partial charge in [-0.3, -0.25) is 4.90 Å². The van der Waals surface area contributed by atoms with Crippen molar-refractivity contribution in [2.75, 3.05) is 13.1 Å². The van der Waals surface area contributed by atoms with E-state index >= 15 is 0 Å². The maximum Gasteiger partial charge on any atom is 0.157 e. The van der Waals surface area contributed by atoms with Crippen LogP contribution in [-0.2, 0) is 0 Å². The van der Waals surface area contributed by atoms with Crippen LogP contribution in [-0.4, -0.2) is 45.0 Å². The van der Waals surface area contributed by atoms with Crippen molar-refractivity contribution in [2.45, 2.75) is 75.9 Å². The molecule has 3 aliphatic rings. The molecule has 1 aromatic carbocycles. The van der Waals surface area contributed by atoms with Gasteiger partial charge in [0, 0.05) is 12.6 Å². The summed E-state index contributed by atoms with van der Waals surface area (Å²) in [5.41, 5.74) is 0.478. The number of hydrogen-bond donors (Lipinski definition) is 3. The molecule has 3 fully saturated rings. The number of fused-ring (bicyclic) bond motifs is 1. The summed E-state index contributed by atoms with van der Waals surface area (Å²) in [6.07, 6.45) is 9.20. The van der Waals surface area contributed by atoms with Gasteiger partial charge in [0.2, 0.25) is 0 Å². The first kappa shape index (κ1) is 18.1. The molecule has 4 nitrogen and oxygen atoms in total. The van der Waals surface area contributed by atoms with Gasteiger partial charge in [-0.25, -0.2) is 0 Å². The topological polar surface area (TPSA) is 63.9 Å². The van der Waals surface area contributed by atoms with Crippen LogP contribution in [0.15, 0.2) is 18.2 Å². The Morgan fingerprint density at radius 2 is 1.92 bits per heavy atom. The van der Waals surface area contributed by atoms with E-state index in [1.807, 2.05) is 6.07 Å². The minimum absolute atomic E-state index is 0.0536. The Labute approximate surface area is 156 Å². The molecule has 1 saturated heterocycles. The number of phenols is 2. The fourth-order valence-electron chi connectivity index (χ4n) is 5.40. The van der Waals surface area contributed by atoms with Crippen molar-refractivity contribution in [3.8, 4) is 11.5 Å². The average molecular weight is 360 g/mol. The van der Waals surface area contributed by atoms with Gasteiger partial charge in [0.15, 0.2) is 11.5 Å². The van der Waals surface area contributed by atoms with Gasteiger partial charge in [-0.05, 0) is 80.5 Å². The molecule has 1 aliphatic heterocycles. The lowest BCUT2D eigenvalue weighted by Crippen LogP contribution is -2.63. The van der Waals surface area contributed by atoms with E-state index in [2.05, 4.69) is 11.8 Å². The molecule has 0 bridgehead atoms. The van der Waals surface area contributed by atoms with Crippen LogP contribution in [0, 0.1) is 11.8 Å². The summed E-state index contributed by atoms with van der Waals surface area (Å²) >= 11 is 0. The Balaban J connectivity index is 1.56. The first-order chi connectivity index (χ1) is 12.5. The maximum atomic E-state index is 11.7. The third kappa shape index (κ3) is 3.46. The van der Waals surface area contributed by atoms with Crippen molar-refractivity contribution >= 4 is 0 Å². The molecule has 2 aliphatic carbocycles. The summed E-state index contributed by atoms with van der Waals surface area (Å²) in [5, 5.41) is 31.2. The molecule has 0 amide bonds. The van der Waals surface area contributed by atoms with E-state index in [4.69, 9.17) is 0 Å². The Morgan fingerprint density at radius 3 is 2.65 bits per heavy atom. The lowest BCUT2D eigenvalue weighted by atomic mass is 9.65. The van der Waals surface area contributed by atoms with Gasteiger partial charge in [0.25, 0.3) is 0 Å². The molecule has 144 valence electrons. The summed E-state index contributed by atoms with van der Waals surface area (Å²) in [6.45, 7) is 4.42. The van der Waals surface area contributed by atoms with Crippen LogP contribution in [0.25, 0.3) is 0 Å². The van der Waals surface area contributed by atoms with Crippen molar-refractivity contribution in [2.24, 2.45) is 11.8 Å². The van der Waals surface area contributed by atoms with Crippen LogP contribution in [0.4, 0.5) is 0 Å². The Hall–Kier alpha value is -1.26. The summed E-state index contributed by atoms with van der Waals surface area (Å²) in [7, 11) is 0. The Kier molecular flexibility index (Phi) is 4.91. The highest BCUT2D eigenvalue weighted by molar-refractivity contribution is 5.41. The predicted molar refractivity (Wildman–Crippen MR) is 102 cm³/mol. The highest BCUT2D eigenvalue weighted by atomic mass is 16.3. The van der Waals surface area contributed by atoms with Gasteiger partial charge < -0.3 is 15.3 Å². The largest absolute Gasteiger partial charge is 0.504 e. The molecular weight excluding hydrogens is 326 g/mol. The molecule has 1 aromatic rings. The SMILES string of the molecule is C[C@H](C[C@H]1N(CC2CC2)CCC2CCCCC21O)c1ccc(O)c(O)c1. The van der Waals surface area contributed by atoms with Crippen molar-refractivity contribution < 1.29 is 15.3 Å². The Morgan fingerprint density at radius 1 is 1.12 bits per heavy atom. The van der Waals surface area contributed by atoms with E-state index in [0.29, 0.717) is 5.92 Å². The highest BCUT2D eigenvalue weighted by Crippen LogP contribution is 2.47. The van der Waals surface area contributed by atoms with Crippen molar-refractivity contribution in [1.82, 2.24) is 4.90 Å². The van der Waals surface area contributed by atoms with Crippen LogP contribution in [0.1, 0.15) is 69.8 Å². The summed E-state index contributed by atoms with van der Waals surface area (Å²) in [6, 6.07) is 5.35. The summed E-state index contributed by atoms with van der Waals surface area (Å²) < 4.78 is 0. The second kappa shape index (κ2) is 7.05. The molecule has 2 unspecified atom stereocenters. The number of benzene rings is 1. The van der Waals surface area contributed by atoms with Gasteiger partial charge in [-0.1, -0.05) is 25.8 Å². The minimum Gasteiger partial charge on any atom is -0.504 e. The molecule has 0 radical (unpaired) electrons. The summed E-state index contributed by atoms with van der Waals surface area (Å²) in [5.74, 6) is 1.38. The number of rotatable bonds is 5. The molecule has 4 rings (SSSR count). The average Bonchev–Trinajstić information content (AvgIpc) is 3.43. The molecule has 4 heteroatoms. The molecule has 3 N–H and O–H groups in total. The lowest BCUT2D eigenvalue weighted by molar-refractivity contribution is -0.145. The third-order valence-electron chi connectivity index (χ3n) is 7.20. The second-order valence-electron chi connectivity index (χ2n) is 9.06. The number of nitrogens with zero attached hydrogens (tertiary/aromatic N) is 1. The quantitative estimate of drug-likeness (QED) is 0.696. The molecule has 1 heterocycles. The van der Waals surface area contributed by atoms with Crippen LogP contribution in [0.5, 0.6) is 11.5 Å². The van der Waals surface area contributed by atoms with Gasteiger partial charge in [-0.15, -0.1) is 0 Å². The second-order valence-corrected chi connectivity index (χ2v) is 9.06. The lowest BCUT2D eigenvalue weighted by Gasteiger charge is -2.54. The fraction of sp³-hybridized carbons (Fsp3) is 0.727. The molecule has 0 aromatic heterocycles. The zero-order valence-corrected chi connectivity index (χ0v) is 15.9. The molecule has 26 heavy (non-hydrogen) atoms. The maximum absolute atomic E-state index is 11.7. The zero-order chi connectivity index (χ0) is 18.3. The summed E-state index contributed by atoms with van der Waals surface area (Å²) in [4.78, 5) is 2.58. The monoisotopic (exact) mass is 359 g/mol. The van der Waals surface area contributed by atoms with Gasteiger partial charge >= 0.3 is 0 Å². The van der Waals surface area contributed by atoms with E-state index in [1.165, 1.54) is 25.7 Å². The van der Waals surface area contributed by atoms with Crippen molar-refractivity contribution in [3.05, 3.63) is 23.8 Å². The van der Waals surface area contributed by atoms with E-state index in [1.54, 1.807) is 12.1 Å². The Bertz CT molecular complexity index is 644. The van der Waals surface area contributed by atoms with Crippen molar-refractivity contribution in [3.63, 3.8) is 0 Å². The number of aromatic hydroxyl groups is 2. The number of likely N-dealkylation sites (tertiary alicyclic amines) is 1. The minimum atomic E-state index is -0.557. The standard InChI is InChI=1S/C22H33NO3/c1-15(17-7-8-19(24)20(25)13-17)12-21-22(26)10-3-2-4-18(22)9-11-23(21)14-16-5-6-16/h7-8,13,15-16,18,21,24-26H,2-6,9-12,14H2,1H3/t15-,18?,21-,22?/m1/s1. The van der Waals surface area contributed by atoms with Gasteiger partial charge in [0.1, 0.15) is 0 Å². The highest BCUT2D eigenvalue weighted by Gasteiger charge is 2.51. The van der Waals surface area contributed by atoms with E-state index in [9.17, 15) is 15.3 Å². The van der Waals surface area contributed by atoms with Gasteiger partial charge in [-0.2, -0.15) is 0 Å². The molecule has 2 saturated carbocycles. The van der Waals surface area contributed by atoms with Gasteiger partial charge in [0.05, 0.1) is 5.60 Å². The number of aliphatic hydroxyl groups is 1. The normalized spacial score (nSPS) is 33.6. The number of hydrogen-bond acceptors (Lipinski definition) is 4. The van der Waals surface area contributed by atoms with Crippen LogP contribution in [0.3, 0.4) is 0 Å². The molecule has 0 spiro atoms. The van der Waals surface area contributed by atoms with E-state index in [0.717, 1.165) is 50.3 Å². The fourth-order valence-corrected chi connectivity index (χ4v) is 5.40. The van der Waals surface area contributed by atoms with Crippen LogP contribution in [0.2, 0.25) is 0 Å². The molecular formula is C22H33NO3. The smallest absolute Gasteiger partial charge is 0.157 e. The van der Waals surface area contributed by atoms with Crippen LogP contribution >= 0.6 is 0 Å².